The van der Waals surface area contributed by atoms with Gasteiger partial charge in [0.2, 0.25) is 0 Å². The van der Waals surface area contributed by atoms with Crippen LogP contribution in [0.15, 0.2) is 6.33 Å². The zero-order valence-electron chi connectivity index (χ0n) is 5.96. The van der Waals surface area contributed by atoms with Gasteiger partial charge < -0.3 is 0 Å². The molecule has 0 saturated heterocycles. The first-order valence-corrected chi connectivity index (χ1v) is 3.56. The summed E-state index contributed by atoms with van der Waals surface area (Å²) in [6.07, 6.45) is 6.76. The highest BCUT2D eigenvalue weighted by Gasteiger charge is 2.18. The lowest BCUT2D eigenvalue weighted by Gasteiger charge is -1.92. The third-order valence-electron chi connectivity index (χ3n) is 1.91. The van der Waals surface area contributed by atoms with Gasteiger partial charge in [0.1, 0.15) is 6.33 Å². The molecule has 1 atom stereocenters. The molecule has 0 spiro atoms. The van der Waals surface area contributed by atoms with Crippen LogP contribution in [0.2, 0.25) is 0 Å². The fraction of sp³-hybridized carbons (Fsp3) is 0.500. The number of hydrogen-bond donors (Lipinski definition) is 0. The second-order valence-corrected chi connectivity index (χ2v) is 2.92. The van der Waals surface area contributed by atoms with E-state index >= 15 is 0 Å². The summed E-state index contributed by atoms with van der Waals surface area (Å²) in [6, 6.07) is 0. The highest BCUT2D eigenvalue weighted by atomic mass is 14.8. The SMILES string of the molecule is CC1Cc2[c]ncnc2C1. The fourth-order valence-corrected chi connectivity index (χ4v) is 1.44. The molecule has 1 heterocycles. The molecule has 1 aromatic heterocycles. The molecule has 0 fully saturated rings. The maximum Gasteiger partial charge on any atom is 0.116 e. The molecule has 1 radical (unpaired) electrons. The number of fused-ring (bicyclic) bond motifs is 1. The normalized spacial score (nSPS) is 22.7. The smallest absolute Gasteiger partial charge is 0.116 e. The average Bonchev–Trinajstić information content (AvgIpc) is 2.27. The van der Waals surface area contributed by atoms with Crippen LogP contribution in [-0.4, -0.2) is 9.97 Å². The molecule has 2 heteroatoms. The van der Waals surface area contributed by atoms with E-state index in [1.54, 1.807) is 6.33 Å². The zero-order valence-corrected chi connectivity index (χ0v) is 5.96. The Morgan fingerprint density at radius 1 is 1.60 bits per heavy atom. The molecule has 0 bridgehead atoms. The summed E-state index contributed by atoms with van der Waals surface area (Å²) in [5.74, 6) is 0.739. The molecule has 1 aliphatic carbocycles. The van der Waals surface area contributed by atoms with Crippen LogP contribution in [-0.2, 0) is 12.8 Å². The van der Waals surface area contributed by atoms with Gasteiger partial charge in [0.25, 0.3) is 0 Å². The summed E-state index contributed by atoms with van der Waals surface area (Å²) in [7, 11) is 0. The molecule has 51 valence electrons. The molecule has 2 rings (SSSR count). The first kappa shape index (κ1) is 5.83. The Bertz CT molecular complexity index is 220. The van der Waals surface area contributed by atoms with E-state index in [9.17, 15) is 0 Å². The highest BCUT2D eigenvalue weighted by molar-refractivity contribution is 5.21. The Labute approximate surface area is 60.3 Å². The molecule has 0 aromatic carbocycles. The summed E-state index contributed by atoms with van der Waals surface area (Å²) in [5, 5.41) is 0. The predicted octanol–water partition coefficient (Wildman–Crippen LogP) is 1.01. The quantitative estimate of drug-likeness (QED) is 0.528. The number of aromatic nitrogens is 2. The first-order chi connectivity index (χ1) is 4.86. The zero-order chi connectivity index (χ0) is 6.97. The largest absolute Gasteiger partial charge is 0.241 e. The second kappa shape index (κ2) is 2.04. The maximum atomic E-state index is 4.17. The van der Waals surface area contributed by atoms with Gasteiger partial charge in [-0.1, -0.05) is 6.92 Å². The lowest BCUT2D eigenvalue weighted by atomic mass is 10.1. The van der Waals surface area contributed by atoms with E-state index < -0.39 is 0 Å². The molecular weight excluding hydrogens is 124 g/mol. The van der Waals surface area contributed by atoms with E-state index in [1.165, 1.54) is 11.3 Å². The van der Waals surface area contributed by atoms with E-state index in [-0.39, 0.29) is 0 Å². The van der Waals surface area contributed by atoms with Crippen LogP contribution < -0.4 is 0 Å². The Morgan fingerprint density at radius 3 is 3.30 bits per heavy atom. The van der Waals surface area contributed by atoms with E-state index in [1.807, 2.05) is 0 Å². The predicted molar refractivity (Wildman–Crippen MR) is 37.4 cm³/mol. The van der Waals surface area contributed by atoms with Crippen molar-refractivity contribution in [2.75, 3.05) is 0 Å². The molecular formula is C8H9N2. The fourth-order valence-electron chi connectivity index (χ4n) is 1.44. The Morgan fingerprint density at radius 2 is 2.50 bits per heavy atom. The summed E-state index contributed by atoms with van der Waals surface area (Å²) in [4.78, 5) is 8.02. The molecule has 10 heavy (non-hydrogen) atoms. The van der Waals surface area contributed by atoms with E-state index in [0.29, 0.717) is 0 Å². The first-order valence-electron chi connectivity index (χ1n) is 3.56. The van der Waals surface area contributed by atoms with Gasteiger partial charge in [-0.2, -0.15) is 0 Å². The number of hydrogen-bond acceptors (Lipinski definition) is 2. The minimum Gasteiger partial charge on any atom is -0.241 e. The van der Waals surface area contributed by atoms with Gasteiger partial charge in [-0.05, 0) is 18.8 Å². The molecule has 0 N–H and O–H groups in total. The Hall–Kier alpha value is -0.920. The van der Waals surface area contributed by atoms with Crippen LogP contribution >= 0.6 is 0 Å². The van der Waals surface area contributed by atoms with Crippen LogP contribution in [0.4, 0.5) is 0 Å². The van der Waals surface area contributed by atoms with Crippen LogP contribution in [0.25, 0.3) is 0 Å². The highest BCUT2D eigenvalue weighted by Crippen LogP contribution is 2.22. The van der Waals surface area contributed by atoms with Crippen molar-refractivity contribution in [3.05, 3.63) is 23.8 Å². The van der Waals surface area contributed by atoms with Gasteiger partial charge in [-0.25, -0.2) is 9.97 Å². The molecule has 1 aliphatic rings. The molecule has 2 nitrogen and oxygen atoms in total. The minimum atomic E-state index is 0.739. The van der Waals surface area contributed by atoms with Gasteiger partial charge in [-0.3, -0.25) is 0 Å². The van der Waals surface area contributed by atoms with E-state index in [0.717, 1.165) is 18.8 Å². The van der Waals surface area contributed by atoms with E-state index in [2.05, 4.69) is 23.1 Å². The Balaban J connectivity index is 2.42. The van der Waals surface area contributed by atoms with Gasteiger partial charge in [-0.15, -0.1) is 0 Å². The van der Waals surface area contributed by atoms with Crippen LogP contribution in [0, 0.1) is 12.1 Å². The van der Waals surface area contributed by atoms with Crippen molar-refractivity contribution in [2.45, 2.75) is 19.8 Å². The van der Waals surface area contributed by atoms with E-state index in [4.69, 9.17) is 0 Å². The van der Waals surface area contributed by atoms with Crippen LogP contribution in [0.5, 0.6) is 0 Å². The third-order valence-corrected chi connectivity index (χ3v) is 1.91. The molecule has 0 aliphatic heterocycles. The monoisotopic (exact) mass is 133 g/mol. The number of nitrogens with zero attached hydrogens (tertiary/aromatic N) is 2. The lowest BCUT2D eigenvalue weighted by Crippen LogP contribution is -1.90. The molecule has 1 aromatic rings. The van der Waals surface area contributed by atoms with Crippen molar-refractivity contribution in [1.29, 1.82) is 0 Å². The summed E-state index contributed by atoms with van der Waals surface area (Å²) in [6.45, 7) is 2.23. The summed E-state index contributed by atoms with van der Waals surface area (Å²) in [5.41, 5.74) is 2.41. The van der Waals surface area contributed by atoms with Gasteiger partial charge in [0, 0.05) is 11.3 Å². The van der Waals surface area contributed by atoms with Crippen molar-refractivity contribution in [1.82, 2.24) is 9.97 Å². The van der Waals surface area contributed by atoms with Crippen molar-refractivity contribution in [3.63, 3.8) is 0 Å². The molecule has 1 unspecified atom stereocenters. The van der Waals surface area contributed by atoms with Crippen molar-refractivity contribution >= 4 is 0 Å². The molecule has 0 saturated carbocycles. The summed E-state index contributed by atoms with van der Waals surface area (Å²) >= 11 is 0. The van der Waals surface area contributed by atoms with Gasteiger partial charge in [0.15, 0.2) is 0 Å². The third kappa shape index (κ3) is 0.801. The van der Waals surface area contributed by atoms with Gasteiger partial charge >= 0.3 is 0 Å². The van der Waals surface area contributed by atoms with Crippen LogP contribution in [0.3, 0.4) is 0 Å². The number of rotatable bonds is 0. The maximum absolute atomic E-state index is 4.17. The minimum absolute atomic E-state index is 0.739. The molecule has 0 amide bonds. The average molecular weight is 133 g/mol. The van der Waals surface area contributed by atoms with Crippen molar-refractivity contribution < 1.29 is 0 Å². The van der Waals surface area contributed by atoms with Gasteiger partial charge in [0.05, 0.1) is 6.20 Å². The van der Waals surface area contributed by atoms with Crippen LogP contribution in [0.1, 0.15) is 18.2 Å². The Kier molecular flexibility index (Phi) is 1.19. The second-order valence-electron chi connectivity index (χ2n) is 2.92. The topological polar surface area (TPSA) is 25.8 Å². The van der Waals surface area contributed by atoms with Crippen molar-refractivity contribution in [2.24, 2.45) is 5.92 Å². The summed E-state index contributed by atoms with van der Waals surface area (Å²) < 4.78 is 0. The standard InChI is InChI=1S/C8H9N2/c1-6-2-7-4-9-5-10-8(7)3-6/h5-6H,2-3H2,1H3. The van der Waals surface area contributed by atoms with Crippen molar-refractivity contribution in [3.8, 4) is 0 Å². The lowest BCUT2D eigenvalue weighted by molar-refractivity contribution is 0.623.